The summed E-state index contributed by atoms with van der Waals surface area (Å²) in [5.41, 5.74) is 1.92. The van der Waals surface area contributed by atoms with Crippen molar-refractivity contribution in [3.63, 3.8) is 0 Å². The predicted molar refractivity (Wildman–Crippen MR) is 147 cm³/mol. The van der Waals surface area contributed by atoms with Gasteiger partial charge in [-0.05, 0) is 43.7 Å². The van der Waals surface area contributed by atoms with E-state index in [9.17, 15) is 33.4 Å². The number of benzene rings is 1. The molecule has 3 rings (SSSR count). The average Bonchev–Trinajstić information content (AvgIpc) is 3.31. The van der Waals surface area contributed by atoms with Crippen molar-refractivity contribution in [3.8, 4) is 0 Å². The van der Waals surface area contributed by atoms with E-state index in [0.29, 0.717) is 25.5 Å². The third-order valence-electron chi connectivity index (χ3n) is 6.96. The summed E-state index contributed by atoms with van der Waals surface area (Å²) in [4.78, 5) is 39.6. The molecule has 1 aromatic carbocycles. The fourth-order valence-electron chi connectivity index (χ4n) is 5.08. The highest BCUT2D eigenvalue weighted by molar-refractivity contribution is 5.97. The van der Waals surface area contributed by atoms with Crippen LogP contribution in [0.15, 0.2) is 47.4 Å². The molecular formula is C28H38F3N5O6. The number of carboxylic acids is 2. The molecule has 2 aliphatic heterocycles. The number of hydrogen-bond acceptors (Lipinski definition) is 8. The number of para-hydroxylation sites is 1. The quantitative estimate of drug-likeness (QED) is 0.187. The molecule has 0 spiro atoms. The number of halogens is 3. The summed E-state index contributed by atoms with van der Waals surface area (Å²) < 4.78 is 47.7. The lowest BCUT2D eigenvalue weighted by molar-refractivity contribution is -0.137. The Morgan fingerprint density at radius 1 is 1.17 bits per heavy atom. The molecule has 1 fully saturated rings. The average molecular weight is 598 g/mol. The second-order valence-corrected chi connectivity index (χ2v) is 10.6. The van der Waals surface area contributed by atoms with Gasteiger partial charge >= 0.3 is 11.9 Å². The minimum atomic E-state index is -2.58. The van der Waals surface area contributed by atoms with E-state index in [2.05, 4.69) is 10.7 Å². The van der Waals surface area contributed by atoms with Gasteiger partial charge in [-0.2, -0.15) is 5.12 Å². The number of unbranched alkanes of at least 4 members (excludes halogenated alkanes) is 1. The minimum absolute atomic E-state index is 0.0479. The summed E-state index contributed by atoms with van der Waals surface area (Å²) in [5, 5.41) is 24.3. The van der Waals surface area contributed by atoms with Crippen LogP contribution in [-0.4, -0.2) is 83.9 Å². The molecular weight excluding hydrogens is 559 g/mol. The number of nitrogens with one attached hydrogen (secondary N) is 2. The summed E-state index contributed by atoms with van der Waals surface area (Å²) in [6.45, 7) is 4.74. The highest BCUT2D eigenvalue weighted by atomic mass is 19.3. The number of methoxy groups -OCH3 is 1. The number of allylic oxidation sites excluding steroid dienone is 1. The van der Waals surface area contributed by atoms with Gasteiger partial charge in [-0.15, -0.1) is 0 Å². The van der Waals surface area contributed by atoms with Crippen LogP contribution in [-0.2, 0) is 19.1 Å². The molecule has 2 atom stereocenters. The number of carbonyl (C=O) groups is 3. The van der Waals surface area contributed by atoms with Gasteiger partial charge in [0.05, 0.1) is 11.8 Å². The SMILES string of the molecule is COCCCCC1=C(C(=O)N(CC(C)C)[C@@H]2CNC[C@H](C(F)F)C2)NN(/C(=C/C(=O)O)C(=O)O)N1c1ccccc1F. The number of alkyl halides is 2. The van der Waals surface area contributed by atoms with Crippen LogP contribution in [0.4, 0.5) is 18.9 Å². The van der Waals surface area contributed by atoms with Crippen molar-refractivity contribution in [1.82, 2.24) is 20.8 Å². The van der Waals surface area contributed by atoms with Crippen molar-refractivity contribution >= 4 is 23.5 Å². The molecule has 42 heavy (non-hydrogen) atoms. The van der Waals surface area contributed by atoms with Gasteiger partial charge in [-0.1, -0.05) is 26.0 Å². The Bertz CT molecular complexity index is 1190. The van der Waals surface area contributed by atoms with Crippen LogP contribution in [0.25, 0.3) is 0 Å². The fraction of sp³-hybridized carbons (Fsp3) is 0.536. The van der Waals surface area contributed by atoms with Gasteiger partial charge in [-0.3, -0.25) is 10.2 Å². The van der Waals surface area contributed by atoms with Crippen molar-refractivity contribution in [3.05, 3.63) is 53.2 Å². The molecule has 2 heterocycles. The second kappa shape index (κ2) is 14.9. The van der Waals surface area contributed by atoms with E-state index >= 15 is 4.39 Å². The number of nitrogens with zero attached hydrogens (tertiary/aromatic N) is 3. The van der Waals surface area contributed by atoms with E-state index in [0.717, 1.165) is 16.2 Å². The molecule has 0 unspecified atom stereocenters. The molecule has 1 saturated heterocycles. The molecule has 0 radical (unpaired) electrons. The Labute approximate surface area is 242 Å². The van der Waals surface area contributed by atoms with Gasteiger partial charge in [0.2, 0.25) is 6.43 Å². The summed E-state index contributed by atoms with van der Waals surface area (Å²) >= 11 is 0. The number of hydrazine groups is 2. The minimum Gasteiger partial charge on any atom is -0.478 e. The molecule has 0 saturated carbocycles. The van der Waals surface area contributed by atoms with E-state index in [1.807, 2.05) is 13.8 Å². The van der Waals surface area contributed by atoms with Crippen LogP contribution < -0.4 is 15.8 Å². The van der Waals surface area contributed by atoms with Crippen molar-refractivity contribution < 1.29 is 42.5 Å². The summed E-state index contributed by atoms with van der Waals surface area (Å²) in [7, 11) is 1.53. The number of carbonyl (C=O) groups excluding carboxylic acids is 1. The van der Waals surface area contributed by atoms with E-state index in [-0.39, 0.29) is 55.5 Å². The number of anilines is 1. The highest BCUT2D eigenvalue weighted by Gasteiger charge is 2.42. The number of hydrogen-bond donors (Lipinski definition) is 4. The molecule has 14 heteroatoms. The predicted octanol–water partition coefficient (Wildman–Crippen LogP) is 3.18. The zero-order valence-corrected chi connectivity index (χ0v) is 23.9. The van der Waals surface area contributed by atoms with Crippen molar-refractivity contribution in [1.29, 1.82) is 0 Å². The van der Waals surface area contributed by atoms with Gasteiger partial charge < -0.3 is 25.2 Å². The first-order chi connectivity index (χ1) is 20.0. The molecule has 2 aliphatic rings. The van der Waals surface area contributed by atoms with Gasteiger partial charge in [-0.25, -0.2) is 27.8 Å². The molecule has 1 aromatic rings. The highest BCUT2D eigenvalue weighted by Crippen LogP contribution is 2.36. The van der Waals surface area contributed by atoms with E-state index < -0.39 is 47.7 Å². The van der Waals surface area contributed by atoms with Crippen LogP contribution in [0.5, 0.6) is 0 Å². The maximum absolute atomic E-state index is 15.2. The Hall–Kier alpha value is -3.78. The number of amides is 1. The first kappa shape index (κ1) is 32.7. The van der Waals surface area contributed by atoms with E-state index in [4.69, 9.17) is 4.74 Å². The Morgan fingerprint density at radius 3 is 2.48 bits per heavy atom. The van der Waals surface area contributed by atoms with Crippen LogP contribution in [0, 0.1) is 17.7 Å². The topological polar surface area (TPSA) is 135 Å². The molecule has 0 aromatic heterocycles. The lowest BCUT2D eigenvalue weighted by Gasteiger charge is -2.39. The molecule has 1 amide bonds. The first-order valence-corrected chi connectivity index (χ1v) is 13.8. The molecule has 232 valence electrons. The Balaban J connectivity index is 2.17. The van der Waals surface area contributed by atoms with Gasteiger partial charge in [0.15, 0.2) is 5.70 Å². The fourth-order valence-corrected chi connectivity index (χ4v) is 5.08. The number of carboxylic acid groups (broad SMARTS) is 2. The Kier molecular flexibility index (Phi) is 11.6. The number of rotatable bonds is 14. The van der Waals surface area contributed by atoms with E-state index in [1.165, 1.54) is 30.2 Å². The van der Waals surface area contributed by atoms with Crippen LogP contribution in [0.1, 0.15) is 39.5 Å². The van der Waals surface area contributed by atoms with Crippen LogP contribution in [0.3, 0.4) is 0 Å². The summed E-state index contributed by atoms with van der Waals surface area (Å²) in [6, 6.07) is 4.88. The van der Waals surface area contributed by atoms with E-state index in [1.54, 1.807) is 0 Å². The van der Waals surface area contributed by atoms with Gasteiger partial charge in [0.1, 0.15) is 17.2 Å². The third kappa shape index (κ3) is 7.94. The normalized spacial score (nSPS) is 19.5. The lowest BCUT2D eigenvalue weighted by atomic mass is 9.94. The summed E-state index contributed by atoms with van der Waals surface area (Å²) in [5.74, 6) is -5.58. The lowest BCUT2D eigenvalue weighted by Crippen LogP contribution is -2.54. The summed E-state index contributed by atoms with van der Waals surface area (Å²) in [6.07, 6.45) is -0.929. The van der Waals surface area contributed by atoms with Crippen LogP contribution in [0.2, 0.25) is 0 Å². The van der Waals surface area contributed by atoms with Crippen molar-refractivity contribution in [2.24, 2.45) is 11.8 Å². The monoisotopic (exact) mass is 597 g/mol. The van der Waals surface area contributed by atoms with Gasteiger partial charge in [0, 0.05) is 45.3 Å². The second-order valence-electron chi connectivity index (χ2n) is 10.6. The maximum Gasteiger partial charge on any atom is 0.356 e. The van der Waals surface area contributed by atoms with Gasteiger partial charge in [0.25, 0.3) is 5.91 Å². The Morgan fingerprint density at radius 2 is 1.88 bits per heavy atom. The zero-order chi connectivity index (χ0) is 31.0. The first-order valence-electron chi connectivity index (χ1n) is 13.8. The standard InChI is InChI=1S/C28H38F3N5O6/c1-17(2)16-34(19-12-18(26(30)31)14-32-15-19)27(39)25-22(10-6-7-11-42-3)35(21-9-5-4-8-20(21)29)36(33-25)23(28(40)41)13-24(37)38/h4-5,8-9,13,17-19,26,32-33H,6-7,10-12,14-16H2,1-3H3,(H,37,38)(H,40,41)/b23-13+/t18-,19+/m1/s1. The molecule has 11 nitrogen and oxygen atoms in total. The number of ether oxygens (including phenoxy) is 1. The smallest absolute Gasteiger partial charge is 0.356 e. The third-order valence-corrected chi connectivity index (χ3v) is 6.96. The molecule has 0 bridgehead atoms. The van der Waals surface area contributed by atoms with Crippen LogP contribution >= 0.6 is 0 Å². The van der Waals surface area contributed by atoms with Crippen molar-refractivity contribution in [2.75, 3.05) is 38.4 Å². The zero-order valence-electron chi connectivity index (χ0n) is 23.9. The number of piperidine rings is 1. The van der Waals surface area contributed by atoms with Crippen molar-refractivity contribution in [2.45, 2.75) is 52.0 Å². The largest absolute Gasteiger partial charge is 0.478 e. The molecule has 4 N–H and O–H groups in total. The number of aliphatic carboxylic acids is 2. The maximum atomic E-state index is 15.2. The molecule has 0 aliphatic carbocycles.